The fourth-order valence-corrected chi connectivity index (χ4v) is 6.10. The Kier molecular flexibility index (Phi) is 9.19. The van der Waals surface area contributed by atoms with Gasteiger partial charge in [0.15, 0.2) is 0 Å². The highest BCUT2D eigenvalue weighted by Gasteiger charge is 2.28. The molecule has 1 amide bonds. The fourth-order valence-electron chi connectivity index (χ4n) is 3.68. The van der Waals surface area contributed by atoms with Gasteiger partial charge in [-0.05, 0) is 62.3 Å². The summed E-state index contributed by atoms with van der Waals surface area (Å²) in [5.41, 5.74) is 4.90. The van der Waals surface area contributed by atoms with Gasteiger partial charge >= 0.3 is 0 Å². The molecule has 7 heteroatoms. The van der Waals surface area contributed by atoms with E-state index in [0.717, 1.165) is 29.1 Å². The minimum absolute atomic E-state index is 0.162. The molecule has 0 spiro atoms. The van der Waals surface area contributed by atoms with Crippen LogP contribution < -0.4 is 9.62 Å². The Balaban J connectivity index is 1.60. The molecule has 3 aromatic rings. The first-order valence-corrected chi connectivity index (χ1v) is 13.9. The Morgan fingerprint density at radius 1 is 0.912 bits per heavy atom. The maximum atomic E-state index is 13.4. The quantitative estimate of drug-likeness (QED) is 0.368. The minimum Gasteiger partial charge on any atom is -0.354 e. The molecule has 0 heterocycles. The number of sulfonamides is 1. The maximum absolute atomic E-state index is 13.4. The fraction of sp³-hybridized carbons (Fsp3) is 0.296. The lowest BCUT2D eigenvalue weighted by Gasteiger charge is -2.26. The molecule has 0 unspecified atom stereocenters. The summed E-state index contributed by atoms with van der Waals surface area (Å²) in [7, 11) is -3.89. The van der Waals surface area contributed by atoms with Gasteiger partial charge < -0.3 is 5.32 Å². The number of benzene rings is 3. The van der Waals surface area contributed by atoms with Crippen LogP contribution in [-0.2, 0) is 20.6 Å². The Hall–Kier alpha value is -2.77. The van der Waals surface area contributed by atoms with Crippen LogP contribution in [0.1, 0.15) is 28.7 Å². The summed E-state index contributed by atoms with van der Waals surface area (Å²) >= 11 is 1.82. The molecule has 0 aliphatic rings. The smallest absolute Gasteiger partial charge is 0.264 e. The van der Waals surface area contributed by atoms with Crippen molar-refractivity contribution in [3.63, 3.8) is 0 Å². The second-order valence-corrected chi connectivity index (χ2v) is 11.3. The van der Waals surface area contributed by atoms with E-state index in [4.69, 9.17) is 0 Å². The van der Waals surface area contributed by atoms with Gasteiger partial charge in [-0.15, -0.1) is 0 Å². The highest BCUT2D eigenvalue weighted by atomic mass is 32.2. The van der Waals surface area contributed by atoms with E-state index in [9.17, 15) is 13.2 Å². The Bertz CT molecular complexity index is 1210. The molecular formula is C27H32N2O3S2. The highest BCUT2D eigenvalue weighted by Crippen LogP contribution is 2.27. The Morgan fingerprint density at radius 3 is 2.35 bits per heavy atom. The molecule has 0 aliphatic heterocycles. The topological polar surface area (TPSA) is 66.5 Å². The molecule has 0 aliphatic carbocycles. The molecule has 0 radical (unpaired) electrons. The molecule has 1 N–H and O–H groups in total. The van der Waals surface area contributed by atoms with Crippen molar-refractivity contribution in [2.75, 3.05) is 23.1 Å². The third-order valence-corrected chi connectivity index (χ3v) is 8.27. The predicted octanol–water partition coefficient (Wildman–Crippen LogP) is 5.25. The van der Waals surface area contributed by atoms with Crippen molar-refractivity contribution < 1.29 is 13.2 Å². The van der Waals surface area contributed by atoms with Crippen LogP contribution in [0.2, 0.25) is 0 Å². The van der Waals surface area contributed by atoms with Crippen LogP contribution in [0.15, 0.2) is 77.7 Å². The predicted molar refractivity (Wildman–Crippen MR) is 142 cm³/mol. The van der Waals surface area contributed by atoms with Gasteiger partial charge in [-0.3, -0.25) is 9.10 Å². The zero-order valence-electron chi connectivity index (χ0n) is 20.0. The first kappa shape index (κ1) is 25.8. The SMILES string of the molecule is Cc1cccc(CSCCCNC(=O)CN(c2ccc(C)cc2C)S(=O)(=O)c2ccccc2)c1. The van der Waals surface area contributed by atoms with Crippen LogP contribution in [-0.4, -0.2) is 33.2 Å². The van der Waals surface area contributed by atoms with Gasteiger partial charge in [-0.2, -0.15) is 11.8 Å². The number of carbonyl (C=O) groups is 1. The molecule has 34 heavy (non-hydrogen) atoms. The van der Waals surface area contributed by atoms with Crippen LogP contribution in [0.25, 0.3) is 0 Å². The molecule has 0 aromatic heterocycles. The van der Waals surface area contributed by atoms with E-state index in [1.54, 1.807) is 36.4 Å². The summed E-state index contributed by atoms with van der Waals surface area (Å²) in [4.78, 5) is 12.9. The number of aryl methyl sites for hydroxylation is 3. The van der Waals surface area contributed by atoms with Crippen molar-refractivity contribution in [1.29, 1.82) is 0 Å². The highest BCUT2D eigenvalue weighted by molar-refractivity contribution is 7.98. The van der Waals surface area contributed by atoms with Crippen LogP contribution in [0, 0.1) is 20.8 Å². The van der Waals surface area contributed by atoms with E-state index in [0.29, 0.717) is 12.2 Å². The van der Waals surface area contributed by atoms with E-state index in [2.05, 4.69) is 36.5 Å². The van der Waals surface area contributed by atoms with Gasteiger partial charge in [0, 0.05) is 12.3 Å². The van der Waals surface area contributed by atoms with Crippen molar-refractivity contribution in [2.24, 2.45) is 0 Å². The zero-order valence-corrected chi connectivity index (χ0v) is 21.6. The van der Waals surface area contributed by atoms with Crippen LogP contribution in [0.4, 0.5) is 5.69 Å². The van der Waals surface area contributed by atoms with Gasteiger partial charge in [0.05, 0.1) is 10.6 Å². The third kappa shape index (κ3) is 7.11. The second kappa shape index (κ2) is 12.1. The Morgan fingerprint density at radius 2 is 1.65 bits per heavy atom. The molecular weight excluding hydrogens is 464 g/mol. The van der Waals surface area contributed by atoms with Gasteiger partial charge in [0.1, 0.15) is 6.54 Å². The van der Waals surface area contributed by atoms with E-state index in [-0.39, 0.29) is 17.3 Å². The molecule has 3 aromatic carbocycles. The summed E-state index contributed by atoms with van der Waals surface area (Å²) < 4.78 is 28.1. The van der Waals surface area contributed by atoms with Gasteiger partial charge in [0.25, 0.3) is 10.0 Å². The largest absolute Gasteiger partial charge is 0.354 e. The lowest BCUT2D eigenvalue weighted by atomic mass is 10.1. The maximum Gasteiger partial charge on any atom is 0.264 e. The number of rotatable bonds is 11. The number of anilines is 1. The minimum atomic E-state index is -3.89. The van der Waals surface area contributed by atoms with E-state index in [1.165, 1.54) is 15.4 Å². The normalized spacial score (nSPS) is 11.3. The number of hydrogen-bond acceptors (Lipinski definition) is 4. The summed E-state index contributed by atoms with van der Waals surface area (Å²) in [6, 6.07) is 22.2. The number of nitrogens with one attached hydrogen (secondary N) is 1. The van der Waals surface area contributed by atoms with E-state index < -0.39 is 10.0 Å². The third-order valence-electron chi connectivity index (χ3n) is 5.38. The summed E-state index contributed by atoms with van der Waals surface area (Å²) in [5.74, 6) is 1.53. The molecule has 5 nitrogen and oxygen atoms in total. The molecule has 180 valence electrons. The molecule has 0 saturated carbocycles. The molecule has 0 bridgehead atoms. The average Bonchev–Trinajstić information content (AvgIpc) is 2.81. The van der Waals surface area contributed by atoms with Crippen molar-refractivity contribution in [2.45, 2.75) is 37.8 Å². The van der Waals surface area contributed by atoms with Crippen LogP contribution >= 0.6 is 11.8 Å². The number of nitrogens with zero attached hydrogens (tertiary/aromatic N) is 1. The lowest BCUT2D eigenvalue weighted by molar-refractivity contribution is -0.119. The van der Waals surface area contributed by atoms with E-state index >= 15 is 0 Å². The first-order chi connectivity index (χ1) is 16.3. The van der Waals surface area contributed by atoms with Crippen LogP contribution in [0.5, 0.6) is 0 Å². The van der Waals surface area contributed by atoms with E-state index in [1.807, 2.05) is 37.7 Å². The van der Waals surface area contributed by atoms with Crippen molar-refractivity contribution in [3.8, 4) is 0 Å². The molecule has 0 saturated heterocycles. The number of amides is 1. The van der Waals surface area contributed by atoms with Gasteiger partial charge in [-0.1, -0.05) is 65.7 Å². The lowest BCUT2D eigenvalue weighted by Crippen LogP contribution is -2.41. The summed E-state index contributed by atoms with van der Waals surface area (Å²) in [6.07, 6.45) is 0.817. The molecule has 0 atom stereocenters. The average molecular weight is 497 g/mol. The van der Waals surface area contributed by atoms with Crippen LogP contribution in [0.3, 0.4) is 0 Å². The van der Waals surface area contributed by atoms with Crippen molar-refractivity contribution >= 4 is 33.4 Å². The summed E-state index contributed by atoms with van der Waals surface area (Å²) in [5, 5.41) is 2.89. The summed E-state index contributed by atoms with van der Waals surface area (Å²) in [6.45, 7) is 6.14. The number of hydrogen-bond donors (Lipinski definition) is 1. The monoisotopic (exact) mass is 496 g/mol. The number of thioether (sulfide) groups is 1. The zero-order chi connectivity index (χ0) is 24.6. The van der Waals surface area contributed by atoms with Gasteiger partial charge in [-0.25, -0.2) is 8.42 Å². The van der Waals surface area contributed by atoms with Crippen molar-refractivity contribution in [3.05, 3.63) is 95.1 Å². The van der Waals surface area contributed by atoms with Gasteiger partial charge in [0.2, 0.25) is 5.91 Å². The number of carbonyl (C=O) groups excluding carboxylic acids is 1. The second-order valence-electron chi connectivity index (χ2n) is 8.36. The van der Waals surface area contributed by atoms with Crippen molar-refractivity contribution in [1.82, 2.24) is 5.32 Å². The first-order valence-electron chi connectivity index (χ1n) is 11.3. The molecule has 3 rings (SSSR count). The Labute approximate surface area is 207 Å². The molecule has 0 fully saturated rings. The standard InChI is InChI=1S/C27H32N2O3S2/c1-21-9-7-10-24(18-21)20-33-16-8-15-28-27(30)19-29(26-14-13-22(2)17-23(26)3)34(31,32)25-11-5-4-6-12-25/h4-7,9-14,17-18H,8,15-16,19-20H2,1-3H3,(H,28,30).